The van der Waals surface area contributed by atoms with Gasteiger partial charge in [0.15, 0.2) is 0 Å². The fraction of sp³-hybridized carbons (Fsp3) is 0.808. The third kappa shape index (κ3) is 12.7. The van der Waals surface area contributed by atoms with Gasteiger partial charge in [-0.3, -0.25) is 4.79 Å². The summed E-state index contributed by atoms with van der Waals surface area (Å²) >= 11 is 0. The van der Waals surface area contributed by atoms with E-state index in [1.165, 1.54) is 12.5 Å². The van der Waals surface area contributed by atoms with Gasteiger partial charge in [-0.2, -0.15) is 0 Å². The maximum Gasteiger partial charge on any atom is 0.408 e. The second-order valence-corrected chi connectivity index (χ2v) is 13.3. The molecule has 1 aliphatic carbocycles. The number of ether oxygens (including phenoxy) is 1. The lowest BCUT2D eigenvalue weighted by molar-refractivity contribution is -0.125. The van der Waals surface area contributed by atoms with Gasteiger partial charge in [-0.1, -0.05) is 45.4 Å². The Labute approximate surface area is 232 Å². The molecule has 1 aromatic rings. The minimum Gasteiger partial charge on any atom is -0.444 e. The van der Waals surface area contributed by atoms with Crippen molar-refractivity contribution < 1.29 is 33.0 Å². The van der Waals surface area contributed by atoms with Crippen molar-refractivity contribution in [2.75, 3.05) is 12.3 Å². The highest BCUT2D eigenvalue weighted by Crippen LogP contribution is 2.28. The van der Waals surface area contributed by atoms with E-state index in [1.54, 1.807) is 20.8 Å². The van der Waals surface area contributed by atoms with Crippen LogP contribution in [0, 0.1) is 5.92 Å². The van der Waals surface area contributed by atoms with Crippen LogP contribution >= 0.6 is 0 Å². The highest BCUT2D eigenvalue weighted by Gasteiger charge is 2.35. The number of nitrogens with one attached hydrogen (secondary N) is 4. The molecule has 0 bridgehead atoms. The van der Waals surface area contributed by atoms with Gasteiger partial charge in [0.05, 0.1) is 24.2 Å². The van der Waals surface area contributed by atoms with E-state index in [9.17, 15) is 28.2 Å². The molecule has 13 heteroatoms. The molecular formula is C26H47N5O7S. The summed E-state index contributed by atoms with van der Waals surface area (Å²) < 4.78 is 32.6. The Morgan fingerprint density at radius 1 is 1.18 bits per heavy atom. The molecule has 0 radical (unpaired) electrons. The quantitative estimate of drug-likeness (QED) is 0.171. The Balaban J connectivity index is 2.19. The summed E-state index contributed by atoms with van der Waals surface area (Å²) in [6.45, 7) is 7.30. The van der Waals surface area contributed by atoms with Crippen molar-refractivity contribution in [2.24, 2.45) is 5.92 Å². The van der Waals surface area contributed by atoms with Crippen LogP contribution in [-0.2, 0) is 26.0 Å². The van der Waals surface area contributed by atoms with E-state index in [2.05, 4.69) is 25.3 Å². The fourth-order valence-electron chi connectivity index (χ4n) is 4.68. The second-order valence-electron chi connectivity index (χ2n) is 11.4. The molecule has 224 valence electrons. The van der Waals surface area contributed by atoms with Crippen LogP contribution < -0.4 is 15.4 Å². The predicted octanol–water partition coefficient (Wildman–Crippen LogP) is 1.74. The molecule has 0 aromatic carbocycles. The SMILES string of the molecule is CCCCNS(=O)(=O)CC(O)C(O)C(CC1CCCCC1)NC(=O)[C@H](Cc1cnc[nH]1)NC(=O)OC(C)(C)C. The molecule has 0 saturated heterocycles. The number of sulfonamides is 1. The van der Waals surface area contributed by atoms with Crippen molar-refractivity contribution in [2.45, 2.75) is 115 Å². The number of nitrogens with zero attached hydrogens (tertiary/aromatic N) is 1. The molecule has 1 heterocycles. The average molecular weight is 574 g/mol. The van der Waals surface area contributed by atoms with Crippen molar-refractivity contribution in [3.8, 4) is 0 Å². The summed E-state index contributed by atoms with van der Waals surface area (Å²) in [5, 5.41) is 27.2. The molecule has 1 saturated carbocycles. The molecule has 1 aromatic heterocycles. The molecule has 0 aliphatic heterocycles. The van der Waals surface area contributed by atoms with Gasteiger partial charge >= 0.3 is 6.09 Å². The Bertz CT molecular complexity index is 975. The van der Waals surface area contributed by atoms with Crippen LogP contribution in [0.2, 0.25) is 0 Å². The lowest BCUT2D eigenvalue weighted by atomic mass is 9.83. The van der Waals surface area contributed by atoms with Crippen LogP contribution in [0.1, 0.15) is 84.8 Å². The first-order chi connectivity index (χ1) is 18.3. The van der Waals surface area contributed by atoms with Crippen molar-refractivity contribution in [3.05, 3.63) is 18.2 Å². The monoisotopic (exact) mass is 573 g/mol. The molecular weight excluding hydrogens is 526 g/mol. The highest BCUT2D eigenvalue weighted by atomic mass is 32.2. The minimum atomic E-state index is -3.83. The Kier molecular flexibility index (Phi) is 13.1. The number of imidazole rings is 1. The molecule has 3 unspecified atom stereocenters. The Morgan fingerprint density at radius 3 is 2.46 bits per heavy atom. The number of carbonyl (C=O) groups excluding carboxylic acids is 2. The molecule has 12 nitrogen and oxygen atoms in total. The minimum absolute atomic E-state index is 0.0790. The van der Waals surface area contributed by atoms with E-state index in [4.69, 9.17) is 4.74 Å². The molecule has 1 fully saturated rings. The van der Waals surface area contributed by atoms with Crippen molar-refractivity contribution in [1.82, 2.24) is 25.3 Å². The maximum atomic E-state index is 13.5. The number of aromatic nitrogens is 2. The van der Waals surface area contributed by atoms with Gasteiger partial charge in [0.2, 0.25) is 15.9 Å². The third-order valence-electron chi connectivity index (χ3n) is 6.67. The number of carbonyl (C=O) groups is 2. The van der Waals surface area contributed by atoms with Crippen molar-refractivity contribution in [3.63, 3.8) is 0 Å². The first kappa shape index (κ1) is 33.0. The lowest BCUT2D eigenvalue weighted by Gasteiger charge is -2.33. The summed E-state index contributed by atoms with van der Waals surface area (Å²) in [6, 6.07) is -2.00. The van der Waals surface area contributed by atoms with Crippen LogP contribution in [0.3, 0.4) is 0 Å². The van der Waals surface area contributed by atoms with Gasteiger partial charge in [-0.15, -0.1) is 0 Å². The lowest BCUT2D eigenvalue weighted by Crippen LogP contribution is -2.57. The average Bonchev–Trinajstić information content (AvgIpc) is 3.35. The summed E-state index contributed by atoms with van der Waals surface area (Å²) in [4.78, 5) is 32.8. The Morgan fingerprint density at radius 2 is 1.87 bits per heavy atom. The number of aliphatic hydroxyl groups excluding tert-OH is 2. The number of alkyl carbamates (subject to hydrolysis) is 1. The molecule has 39 heavy (non-hydrogen) atoms. The van der Waals surface area contributed by atoms with Crippen LogP contribution in [0.15, 0.2) is 12.5 Å². The van der Waals surface area contributed by atoms with E-state index < -0.39 is 57.7 Å². The number of aliphatic hydroxyl groups is 2. The first-order valence-corrected chi connectivity index (χ1v) is 15.6. The molecule has 2 rings (SSSR count). The number of aromatic amines is 1. The molecule has 2 amide bonds. The fourth-order valence-corrected chi connectivity index (χ4v) is 5.90. The molecule has 0 spiro atoms. The van der Waals surface area contributed by atoms with Gasteiger partial charge in [-0.05, 0) is 39.5 Å². The first-order valence-electron chi connectivity index (χ1n) is 13.9. The van der Waals surface area contributed by atoms with Gasteiger partial charge in [0, 0.05) is 24.9 Å². The van der Waals surface area contributed by atoms with E-state index in [0.29, 0.717) is 18.5 Å². The normalized spacial score (nSPS) is 18.1. The highest BCUT2D eigenvalue weighted by molar-refractivity contribution is 7.89. The zero-order valence-corrected chi connectivity index (χ0v) is 24.4. The van der Waals surface area contributed by atoms with Gasteiger partial charge in [-0.25, -0.2) is 22.9 Å². The molecule has 6 N–H and O–H groups in total. The summed E-state index contributed by atoms with van der Waals surface area (Å²) in [6.07, 6.45) is 5.97. The summed E-state index contributed by atoms with van der Waals surface area (Å²) in [5.41, 5.74) is -0.181. The largest absolute Gasteiger partial charge is 0.444 e. The topological polar surface area (TPSA) is 183 Å². The van der Waals surface area contributed by atoms with E-state index in [1.807, 2.05) is 6.92 Å². The zero-order valence-electron chi connectivity index (χ0n) is 23.6. The standard InChI is InChI=1S/C26H47N5O7S/c1-5-6-12-29-39(36,37)16-22(32)23(33)20(13-18-10-8-7-9-11-18)30-24(34)21(14-19-15-27-17-28-19)31-25(35)38-26(2,3)4/h15,17-18,20-23,29,32-33H,5-14,16H2,1-4H3,(H,27,28)(H,30,34)(H,31,35)/t20?,21-,22?,23?/m0/s1. The number of H-pyrrole nitrogens is 1. The molecule has 1 aliphatic rings. The van der Waals surface area contributed by atoms with E-state index in [-0.39, 0.29) is 18.9 Å². The van der Waals surface area contributed by atoms with E-state index >= 15 is 0 Å². The number of hydrogen-bond donors (Lipinski definition) is 6. The summed E-state index contributed by atoms with van der Waals surface area (Å²) in [5.74, 6) is -1.08. The van der Waals surface area contributed by atoms with Crippen LogP contribution in [0.4, 0.5) is 4.79 Å². The van der Waals surface area contributed by atoms with Gasteiger partial charge in [0.25, 0.3) is 0 Å². The zero-order chi connectivity index (χ0) is 29.1. The number of hydrogen-bond acceptors (Lipinski definition) is 8. The smallest absolute Gasteiger partial charge is 0.408 e. The van der Waals surface area contributed by atoms with Crippen molar-refractivity contribution in [1.29, 1.82) is 0 Å². The number of rotatable bonds is 15. The van der Waals surface area contributed by atoms with Crippen molar-refractivity contribution >= 4 is 22.0 Å². The van der Waals surface area contributed by atoms with Gasteiger partial charge in [0.1, 0.15) is 17.7 Å². The van der Waals surface area contributed by atoms with Crippen LogP contribution in [-0.4, -0.2) is 82.8 Å². The third-order valence-corrected chi connectivity index (χ3v) is 8.10. The Hall–Kier alpha value is -2.22. The number of amides is 2. The second kappa shape index (κ2) is 15.5. The maximum absolute atomic E-state index is 13.5. The van der Waals surface area contributed by atoms with E-state index in [0.717, 1.165) is 38.5 Å². The number of unbranched alkanes of at least 4 members (excludes halogenated alkanes) is 1. The van der Waals surface area contributed by atoms with Gasteiger partial charge < -0.3 is 30.6 Å². The van der Waals surface area contributed by atoms with Crippen LogP contribution in [0.5, 0.6) is 0 Å². The molecule has 4 atom stereocenters. The summed E-state index contributed by atoms with van der Waals surface area (Å²) in [7, 11) is -3.83. The van der Waals surface area contributed by atoms with Crippen LogP contribution in [0.25, 0.3) is 0 Å². The predicted molar refractivity (Wildman–Crippen MR) is 147 cm³/mol.